The first-order valence-electron chi connectivity index (χ1n) is 8.95. The number of rotatable bonds is 8. The topological polar surface area (TPSA) is 109 Å². The van der Waals surface area contributed by atoms with Crippen LogP contribution < -0.4 is 14.8 Å². The van der Waals surface area contributed by atoms with Gasteiger partial charge in [-0.3, -0.25) is 19.6 Å². The van der Waals surface area contributed by atoms with Gasteiger partial charge in [0.1, 0.15) is 17.2 Å². The fourth-order valence-corrected chi connectivity index (χ4v) is 3.08. The van der Waals surface area contributed by atoms with Crippen LogP contribution in [0.5, 0.6) is 17.2 Å². The molecule has 0 aliphatic heterocycles. The van der Waals surface area contributed by atoms with Crippen LogP contribution in [0, 0.1) is 20.6 Å². The summed E-state index contributed by atoms with van der Waals surface area (Å²) in [4.78, 5) is 23.1. The zero-order valence-electron chi connectivity index (χ0n) is 16.3. The van der Waals surface area contributed by atoms with Crippen molar-refractivity contribution in [2.75, 3.05) is 12.4 Å². The van der Waals surface area contributed by atoms with Crippen LogP contribution in [-0.2, 0) is 11.3 Å². The Balaban J connectivity index is 1.71. The van der Waals surface area contributed by atoms with Crippen molar-refractivity contribution in [2.24, 2.45) is 0 Å². The van der Waals surface area contributed by atoms with Crippen molar-refractivity contribution in [1.82, 2.24) is 9.78 Å². The number of aromatic nitrogens is 2. The molecule has 0 saturated carbocycles. The van der Waals surface area contributed by atoms with E-state index in [-0.39, 0.29) is 29.5 Å². The molecule has 0 atom stereocenters. The van der Waals surface area contributed by atoms with Crippen LogP contribution in [0.4, 0.5) is 11.4 Å². The van der Waals surface area contributed by atoms with Crippen molar-refractivity contribution >= 4 is 39.9 Å². The summed E-state index contributed by atoms with van der Waals surface area (Å²) in [5.41, 5.74) is 0.993. The lowest BCUT2D eigenvalue weighted by molar-refractivity contribution is -0.384. The van der Waals surface area contributed by atoms with Crippen LogP contribution >= 0.6 is 22.6 Å². The number of carbonyl (C=O) groups excluding carboxylic acids is 1. The van der Waals surface area contributed by atoms with E-state index in [1.807, 2.05) is 13.1 Å². The Kier molecular flexibility index (Phi) is 6.87. The summed E-state index contributed by atoms with van der Waals surface area (Å²) in [5.74, 6) is 1.10. The SMILES string of the molecule is COc1ccc(Oc2cc(NC(=O)CCn3cc(I)c(C)n3)cc([N+](=O)[O-])c2)cc1. The minimum Gasteiger partial charge on any atom is -0.497 e. The number of aryl methyl sites for hydroxylation is 2. The fraction of sp³-hybridized carbons (Fsp3) is 0.200. The van der Waals surface area contributed by atoms with Crippen LogP contribution in [0.15, 0.2) is 48.7 Å². The smallest absolute Gasteiger partial charge is 0.275 e. The molecule has 0 fully saturated rings. The number of halogens is 1. The van der Waals surface area contributed by atoms with Crippen molar-refractivity contribution < 1.29 is 19.2 Å². The number of hydrogen-bond donors (Lipinski definition) is 1. The number of nitrogens with zero attached hydrogens (tertiary/aromatic N) is 3. The van der Waals surface area contributed by atoms with E-state index in [0.29, 0.717) is 18.0 Å². The van der Waals surface area contributed by atoms with Gasteiger partial charge in [0.2, 0.25) is 5.91 Å². The third kappa shape index (κ3) is 5.69. The average Bonchev–Trinajstić information content (AvgIpc) is 3.04. The fourth-order valence-electron chi connectivity index (χ4n) is 2.65. The molecular formula is C20H19IN4O5. The molecule has 0 unspecified atom stereocenters. The highest BCUT2D eigenvalue weighted by Gasteiger charge is 2.14. The number of nitrogens with one attached hydrogen (secondary N) is 1. The van der Waals surface area contributed by atoms with Crippen LogP contribution in [0.1, 0.15) is 12.1 Å². The number of benzene rings is 2. The molecule has 2 aromatic carbocycles. The number of hydrogen-bond acceptors (Lipinski definition) is 6. The lowest BCUT2D eigenvalue weighted by Gasteiger charge is -2.10. The van der Waals surface area contributed by atoms with E-state index in [1.165, 1.54) is 18.2 Å². The molecule has 1 heterocycles. The van der Waals surface area contributed by atoms with Gasteiger partial charge in [-0.15, -0.1) is 0 Å². The minimum absolute atomic E-state index is 0.175. The second kappa shape index (κ2) is 9.57. The second-order valence-corrected chi connectivity index (χ2v) is 7.54. The highest BCUT2D eigenvalue weighted by Crippen LogP contribution is 2.30. The summed E-state index contributed by atoms with van der Waals surface area (Å²) in [6.07, 6.45) is 2.03. The molecule has 3 rings (SSSR count). The van der Waals surface area contributed by atoms with Crippen LogP contribution in [0.25, 0.3) is 0 Å². The van der Waals surface area contributed by atoms with E-state index in [2.05, 4.69) is 33.0 Å². The van der Waals surface area contributed by atoms with Gasteiger partial charge in [0, 0.05) is 31.3 Å². The number of non-ortho nitro benzene ring substituents is 1. The minimum atomic E-state index is -0.537. The summed E-state index contributed by atoms with van der Waals surface area (Å²) >= 11 is 2.18. The second-order valence-electron chi connectivity index (χ2n) is 6.37. The largest absolute Gasteiger partial charge is 0.497 e. The molecule has 156 valence electrons. The average molecular weight is 522 g/mol. The van der Waals surface area contributed by atoms with Crippen molar-refractivity contribution in [3.05, 3.63) is 68.0 Å². The number of methoxy groups -OCH3 is 1. The van der Waals surface area contributed by atoms with Crippen LogP contribution in [0.3, 0.4) is 0 Å². The van der Waals surface area contributed by atoms with E-state index in [4.69, 9.17) is 9.47 Å². The number of anilines is 1. The first-order valence-corrected chi connectivity index (χ1v) is 10.0. The Morgan fingerprint density at radius 2 is 1.90 bits per heavy atom. The van der Waals surface area contributed by atoms with E-state index < -0.39 is 4.92 Å². The summed E-state index contributed by atoms with van der Waals surface area (Å²) in [7, 11) is 1.56. The van der Waals surface area contributed by atoms with Gasteiger partial charge in [0.25, 0.3) is 5.69 Å². The van der Waals surface area contributed by atoms with Crippen LogP contribution in [-0.4, -0.2) is 27.7 Å². The molecule has 0 spiro atoms. The van der Waals surface area contributed by atoms with E-state index in [9.17, 15) is 14.9 Å². The predicted octanol–water partition coefficient (Wildman–Crippen LogP) is 4.53. The quantitative estimate of drug-likeness (QED) is 0.265. The van der Waals surface area contributed by atoms with Crippen molar-refractivity contribution in [2.45, 2.75) is 19.9 Å². The Morgan fingerprint density at radius 3 is 2.50 bits per heavy atom. The molecule has 10 heteroatoms. The molecule has 1 N–H and O–H groups in total. The van der Waals surface area contributed by atoms with Gasteiger partial charge in [-0.05, 0) is 53.8 Å². The number of nitro groups is 1. The van der Waals surface area contributed by atoms with Gasteiger partial charge in [0.15, 0.2) is 0 Å². The zero-order chi connectivity index (χ0) is 21.7. The van der Waals surface area contributed by atoms with E-state index >= 15 is 0 Å². The maximum absolute atomic E-state index is 12.3. The van der Waals surface area contributed by atoms with Gasteiger partial charge < -0.3 is 14.8 Å². The molecule has 1 amide bonds. The normalized spacial score (nSPS) is 10.5. The van der Waals surface area contributed by atoms with Crippen LogP contribution in [0.2, 0.25) is 0 Å². The van der Waals surface area contributed by atoms with Crippen molar-refractivity contribution in [3.63, 3.8) is 0 Å². The summed E-state index contributed by atoms with van der Waals surface area (Å²) in [5, 5.41) is 18.3. The molecule has 0 aliphatic rings. The monoisotopic (exact) mass is 522 g/mol. The first kappa shape index (κ1) is 21.6. The Morgan fingerprint density at radius 1 is 1.20 bits per heavy atom. The number of ether oxygens (including phenoxy) is 2. The Hall–Kier alpha value is -3.15. The van der Waals surface area contributed by atoms with E-state index in [0.717, 1.165) is 9.26 Å². The number of carbonyl (C=O) groups is 1. The molecule has 0 saturated heterocycles. The molecule has 30 heavy (non-hydrogen) atoms. The van der Waals surface area contributed by atoms with Gasteiger partial charge in [-0.25, -0.2) is 0 Å². The molecule has 1 aromatic heterocycles. The molecule has 3 aromatic rings. The number of nitro benzene ring substituents is 1. The Labute approximate surface area is 186 Å². The summed E-state index contributed by atoms with van der Waals surface area (Å²) < 4.78 is 13.5. The molecule has 0 aliphatic carbocycles. The predicted molar refractivity (Wildman–Crippen MR) is 119 cm³/mol. The molecule has 9 nitrogen and oxygen atoms in total. The third-order valence-electron chi connectivity index (χ3n) is 4.14. The molecular weight excluding hydrogens is 503 g/mol. The first-order chi connectivity index (χ1) is 14.3. The third-order valence-corrected chi connectivity index (χ3v) is 5.19. The van der Waals surface area contributed by atoms with Gasteiger partial charge in [-0.2, -0.15) is 5.10 Å². The van der Waals surface area contributed by atoms with Crippen molar-refractivity contribution in [1.29, 1.82) is 0 Å². The zero-order valence-corrected chi connectivity index (χ0v) is 18.5. The Bertz CT molecular complexity index is 1050. The highest BCUT2D eigenvalue weighted by molar-refractivity contribution is 14.1. The maximum atomic E-state index is 12.3. The van der Waals surface area contributed by atoms with Gasteiger partial charge in [0.05, 0.1) is 33.1 Å². The summed E-state index contributed by atoms with van der Waals surface area (Å²) in [6, 6.07) is 10.9. The molecule has 0 radical (unpaired) electrons. The lowest BCUT2D eigenvalue weighted by atomic mass is 10.2. The molecule has 0 bridgehead atoms. The number of amides is 1. The maximum Gasteiger partial charge on any atom is 0.275 e. The standard InChI is InChI=1S/C20H19IN4O5/c1-13-19(21)12-24(23-13)8-7-20(26)22-14-9-15(25(27)28)11-18(10-14)30-17-5-3-16(29-2)4-6-17/h3-6,9-12H,7-8H2,1-2H3,(H,22,26). The highest BCUT2D eigenvalue weighted by atomic mass is 127. The van der Waals surface area contributed by atoms with Gasteiger partial charge in [-0.1, -0.05) is 0 Å². The van der Waals surface area contributed by atoms with Gasteiger partial charge >= 0.3 is 0 Å². The van der Waals surface area contributed by atoms with Crippen molar-refractivity contribution in [3.8, 4) is 17.2 Å². The lowest BCUT2D eigenvalue weighted by Crippen LogP contribution is -2.15. The van der Waals surface area contributed by atoms with E-state index in [1.54, 1.807) is 36.1 Å². The summed E-state index contributed by atoms with van der Waals surface area (Å²) in [6.45, 7) is 2.30.